The summed E-state index contributed by atoms with van der Waals surface area (Å²) >= 11 is 0. The average molecular weight is 324 g/mol. The molecule has 0 spiro atoms. The van der Waals surface area contributed by atoms with Crippen LogP contribution in [0.2, 0.25) is 0 Å². The monoisotopic (exact) mass is 324 g/mol. The minimum atomic E-state index is -1.29. The van der Waals surface area contributed by atoms with Crippen LogP contribution in [0.5, 0.6) is 11.5 Å². The third kappa shape index (κ3) is 4.20. The molecule has 0 aromatic heterocycles. The first-order valence-corrected chi connectivity index (χ1v) is 7.41. The van der Waals surface area contributed by atoms with Crippen LogP contribution < -0.4 is 0 Å². The minimum Gasteiger partial charge on any atom is -0.508 e. The van der Waals surface area contributed by atoms with Crippen molar-refractivity contribution in [2.24, 2.45) is 0 Å². The van der Waals surface area contributed by atoms with Crippen LogP contribution in [0.25, 0.3) is 0 Å². The summed E-state index contributed by atoms with van der Waals surface area (Å²) in [5.74, 6) is -2.00. The number of esters is 1. The van der Waals surface area contributed by atoms with Gasteiger partial charge in [-0.25, -0.2) is 0 Å². The van der Waals surface area contributed by atoms with Crippen molar-refractivity contribution in [3.05, 3.63) is 23.3 Å². The van der Waals surface area contributed by atoms with E-state index >= 15 is 0 Å². The molecular formula is C16H20O7. The Labute approximate surface area is 133 Å². The van der Waals surface area contributed by atoms with Crippen LogP contribution in [0.1, 0.15) is 42.1 Å². The van der Waals surface area contributed by atoms with Gasteiger partial charge in [0.25, 0.3) is 0 Å². The lowest BCUT2D eigenvalue weighted by molar-refractivity contribution is -0.148. The van der Waals surface area contributed by atoms with Gasteiger partial charge in [0, 0.05) is 12.5 Å². The number of ketones is 1. The summed E-state index contributed by atoms with van der Waals surface area (Å²) in [5, 5.41) is 39.3. The fourth-order valence-electron chi connectivity index (χ4n) is 2.64. The highest BCUT2D eigenvalue weighted by molar-refractivity contribution is 6.01. The van der Waals surface area contributed by atoms with Gasteiger partial charge in [0.15, 0.2) is 5.78 Å². The number of aliphatic hydroxyl groups excluding tert-OH is 2. The van der Waals surface area contributed by atoms with Gasteiger partial charge in [-0.3, -0.25) is 9.59 Å². The van der Waals surface area contributed by atoms with Gasteiger partial charge in [-0.15, -0.1) is 0 Å². The SMILES string of the molecule is CC1CCC(O)C(O)CC(=O)c2c(O)cc(O)cc2CC(=O)O1. The van der Waals surface area contributed by atoms with Crippen LogP contribution in [0, 0.1) is 0 Å². The quantitative estimate of drug-likeness (QED) is 0.517. The second-order valence-corrected chi connectivity index (χ2v) is 5.82. The molecule has 0 aliphatic carbocycles. The van der Waals surface area contributed by atoms with E-state index in [-0.39, 0.29) is 29.7 Å². The molecule has 1 aliphatic heterocycles. The standard InChI is InChI=1S/C16H20O7/c1-8-2-3-11(18)12(19)7-14(21)16-9(5-15(22)23-8)4-10(17)6-13(16)20/h4,6,8,11-12,17-20H,2-3,5,7H2,1H3. The Kier molecular flexibility index (Phi) is 5.23. The molecule has 1 aromatic carbocycles. The Morgan fingerprint density at radius 2 is 1.78 bits per heavy atom. The number of Topliss-reactive ketones (excluding diaryl/α,β-unsaturated/α-hetero) is 1. The van der Waals surface area contributed by atoms with Crippen molar-refractivity contribution in [2.45, 2.75) is 50.9 Å². The molecule has 0 fully saturated rings. The number of ether oxygens (including phenoxy) is 1. The zero-order valence-electron chi connectivity index (χ0n) is 12.7. The van der Waals surface area contributed by atoms with Crippen LogP contribution >= 0.6 is 0 Å². The van der Waals surface area contributed by atoms with E-state index in [1.54, 1.807) is 6.92 Å². The Hall–Kier alpha value is -2.12. The molecule has 3 atom stereocenters. The largest absolute Gasteiger partial charge is 0.508 e. The number of benzene rings is 1. The molecule has 0 amide bonds. The number of hydrogen-bond acceptors (Lipinski definition) is 7. The molecule has 7 nitrogen and oxygen atoms in total. The van der Waals surface area contributed by atoms with Crippen molar-refractivity contribution in [1.82, 2.24) is 0 Å². The van der Waals surface area contributed by atoms with E-state index in [0.717, 1.165) is 6.07 Å². The lowest BCUT2D eigenvalue weighted by Gasteiger charge is -2.22. The average Bonchev–Trinajstić information content (AvgIpc) is 2.42. The minimum absolute atomic E-state index is 0.118. The van der Waals surface area contributed by atoms with Gasteiger partial charge in [-0.1, -0.05) is 0 Å². The molecule has 4 N–H and O–H groups in total. The maximum absolute atomic E-state index is 12.3. The first-order valence-electron chi connectivity index (χ1n) is 7.41. The second-order valence-electron chi connectivity index (χ2n) is 5.82. The Bertz CT molecular complexity index is 611. The molecule has 7 heteroatoms. The van der Waals surface area contributed by atoms with E-state index in [0.29, 0.717) is 6.42 Å². The highest BCUT2D eigenvalue weighted by atomic mass is 16.5. The van der Waals surface area contributed by atoms with Crippen molar-refractivity contribution < 1.29 is 34.8 Å². The summed E-state index contributed by atoms with van der Waals surface area (Å²) in [4.78, 5) is 24.3. The summed E-state index contributed by atoms with van der Waals surface area (Å²) in [7, 11) is 0. The maximum atomic E-state index is 12.3. The molecular weight excluding hydrogens is 304 g/mol. The van der Waals surface area contributed by atoms with Crippen molar-refractivity contribution in [3.63, 3.8) is 0 Å². The van der Waals surface area contributed by atoms with E-state index < -0.39 is 42.2 Å². The first kappa shape index (κ1) is 17.2. The Balaban J connectivity index is 2.43. The topological polar surface area (TPSA) is 124 Å². The predicted molar refractivity (Wildman–Crippen MR) is 79.2 cm³/mol. The molecule has 0 saturated heterocycles. The first-order chi connectivity index (χ1) is 10.8. The fraction of sp³-hybridized carbons (Fsp3) is 0.500. The number of carbonyl (C=O) groups is 2. The van der Waals surface area contributed by atoms with Gasteiger partial charge in [0.1, 0.15) is 11.5 Å². The third-order valence-electron chi connectivity index (χ3n) is 3.84. The Morgan fingerprint density at radius 1 is 1.09 bits per heavy atom. The van der Waals surface area contributed by atoms with Crippen molar-refractivity contribution >= 4 is 11.8 Å². The van der Waals surface area contributed by atoms with Crippen LogP contribution in [0.15, 0.2) is 12.1 Å². The zero-order chi connectivity index (χ0) is 17.1. The van der Waals surface area contributed by atoms with E-state index in [2.05, 4.69) is 0 Å². The molecule has 23 heavy (non-hydrogen) atoms. The summed E-state index contributed by atoms with van der Waals surface area (Å²) in [6.45, 7) is 1.66. The predicted octanol–water partition coefficient (Wildman–Crippen LogP) is 0.660. The molecule has 126 valence electrons. The van der Waals surface area contributed by atoms with Gasteiger partial charge in [-0.05, 0) is 31.4 Å². The highest BCUT2D eigenvalue weighted by Crippen LogP contribution is 2.30. The molecule has 0 bridgehead atoms. The van der Waals surface area contributed by atoms with Crippen LogP contribution in [-0.4, -0.2) is 50.5 Å². The number of phenolic OH excluding ortho intramolecular Hbond substituents is 2. The molecule has 1 heterocycles. The third-order valence-corrected chi connectivity index (χ3v) is 3.84. The number of aliphatic hydroxyl groups is 2. The van der Waals surface area contributed by atoms with Gasteiger partial charge in [0.05, 0.1) is 30.3 Å². The lowest BCUT2D eigenvalue weighted by atomic mass is 9.93. The normalized spacial score (nSPS) is 26.7. The van der Waals surface area contributed by atoms with Crippen molar-refractivity contribution in [1.29, 1.82) is 0 Å². The lowest BCUT2D eigenvalue weighted by Crippen LogP contribution is -2.31. The number of carbonyl (C=O) groups excluding carboxylic acids is 2. The molecule has 0 saturated carbocycles. The van der Waals surface area contributed by atoms with Gasteiger partial charge in [0.2, 0.25) is 0 Å². The van der Waals surface area contributed by atoms with E-state index in [4.69, 9.17) is 4.74 Å². The van der Waals surface area contributed by atoms with Crippen LogP contribution in [0.4, 0.5) is 0 Å². The van der Waals surface area contributed by atoms with Crippen molar-refractivity contribution in [3.8, 4) is 11.5 Å². The second kappa shape index (κ2) is 6.97. The van der Waals surface area contributed by atoms with E-state index in [1.165, 1.54) is 6.07 Å². The van der Waals surface area contributed by atoms with E-state index in [1.807, 2.05) is 0 Å². The zero-order valence-corrected chi connectivity index (χ0v) is 12.7. The molecule has 0 radical (unpaired) electrons. The number of aromatic hydroxyl groups is 2. The van der Waals surface area contributed by atoms with Gasteiger partial charge in [-0.2, -0.15) is 0 Å². The summed E-state index contributed by atoms with van der Waals surface area (Å²) < 4.78 is 5.17. The summed E-state index contributed by atoms with van der Waals surface area (Å²) in [6.07, 6.45) is -3.04. The molecule has 1 aromatic rings. The van der Waals surface area contributed by atoms with E-state index in [9.17, 15) is 30.0 Å². The molecule has 2 rings (SSSR count). The number of cyclic esters (lactones) is 1. The number of phenols is 2. The van der Waals surface area contributed by atoms with Crippen molar-refractivity contribution in [2.75, 3.05) is 0 Å². The summed E-state index contributed by atoms with van der Waals surface area (Å²) in [5.41, 5.74) is -0.0359. The van der Waals surface area contributed by atoms with Gasteiger partial charge < -0.3 is 25.2 Å². The molecule has 3 unspecified atom stereocenters. The van der Waals surface area contributed by atoms with Gasteiger partial charge >= 0.3 is 5.97 Å². The number of hydrogen-bond donors (Lipinski definition) is 4. The highest BCUT2D eigenvalue weighted by Gasteiger charge is 2.27. The Morgan fingerprint density at radius 3 is 2.48 bits per heavy atom. The van der Waals surface area contributed by atoms with Crippen LogP contribution in [-0.2, 0) is 16.0 Å². The number of fused-ring (bicyclic) bond motifs is 1. The van der Waals surface area contributed by atoms with Crippen LogP contribution in [0.3, 0.4) is 0 Å². The maximum Gasteiger partial charge on any atom is 0.310 e. The molecule has 1 aliphatic rings. The smallest absolute Gasteiger partial charge is 0.310 e. The fourth-order valence-corrected chi connectivity index (χ4v) is 2.64. The summed E-state index contributed by atoms with van der Waals surface area (Å²) in [6, 6.07) is 2.19. The number of rotatable bonds is 0.